The molecule has 30 heavy (non-hydrogen) atoms. The van der Waals surface area contributed by atoms with E-state index in [4.69, 9.17) is 4.74 Å². The lowest BCUT2D eigenvalue weighted by atomic mass is 10.1. The van der Waals surface area contributed by atoms with Gasteiger partial charge in [0.05, 0.1) is 18.7 Å². The van der Waals surface area contributed by atoms with Crippen molar-refractivity contribution in [2.75, 3.05) is 6.61 Å². The van der Waals surface area contributed by atoms with E-state index in [1.807, 2.05) is 43.5 Å². The van der Waals surface area contributed by atoms with E-state index in [1.165, 1.54) is 0 Å². The monoisotopic (exact) mass is 410 g/mol. The number of esters is 1. The highest BCUT2D eigenvalue weighted by Gasteiger charge is 2.26. The minimum absolute atomic E-state index is 0.0789. The Kier molecular flexibility index (Phi) is 6.44. The molecule has 2 aromatic heterocycles. The molecule has 0 bridgehead atoms. The lowest BCUT2D eigenvalue weighted by molar-refractivity contribution is -0.674. The number of aryl methyl sites for hydroxylation is 2. The van der Waals surface area contributed by atoms with Gasteiger partial charge in [-0.2, -0.15) is 0 Å². The molecule has 0 aliphatic rings. The number of rotatable bonds is 8. The fraction of sp³-hybridized carbons (Fsp3) is 0.458. The number of ketones is 1. The Balaban J connectivity index is 2.05. The molecule has 2 heterocycles. The summed E-state index contributed by atoms with van der Waals surface area (Å²) in [6.45, 7) is 14.4. The van der Waals surface area contributed by atoms with E-state index >= 15 is 0 Å². The molecule has 0 N–H and O–H groups in total. The van der Waals surface area contributed by atoms with Crippen LogP contribution in [0.25, 0.3) is 11.0 Å². The Morgan fingerprint density at radius 2 is 1.77 bits per heavy atom. The Morgan fingerprint density at radius 1 is 1.03 bits per heavy atom. The molecule has 0 aliphatic carbocycles. The fourth-order valence-corrected chi connectivity index (χ4v) is 4.28. The second-order valence-electron chi connectivity index (χ2n) is 7.66. The minimum Gasteiger partial charge on any atom is -0.462 e. The molecule has 0 saturated heterocycles. The van der Waals surface area contributed by atoms with Crippen LogP contribution in [0.3, 0.4) is 0 Å². The molecule has 6 nitrogen and oxygen atoms in total. The van der Waals surface area contributed by atoms with Crippen molar-refractivity contribution in [3.05, 3.63) is 52.6 Å². The maximum atomic E-state index is 13.3. The summed E-state index contributed by atoms with van der Waals surface area (Å²) in [5.74, 6) is 0.724. The molecule has 0 fully saturated rings. The number of benzene rings is 1. The summed E-state index contributed by atoms with van der Waals surface area (Å²) in [7, 11) is 0. The summed E-state index contributed by atoms with van der Waals surface area (Å²) in [4.78, 5) is 25.5. The summed E-state index contributed by atoms with van der Waals surface area (Å²) in [6, 6.07) is 7.55. The molecule has 6 heteroatoms. The summed E-state index contributed by atoms with van der Waals surface area (Å²) in [5.41, 5.74) is 5.28. The average molecular weight is 411 g/mol. The summed E-state index contributed by atoms with van der Waals surface area (Å²) in [5, 5.41) is 0. The molecule has 160 valence electrons. The fourth-order valence-electron chi connectivity index (χ4n) is 4.28. The maximum absolute atomic E-state index is 13.3. The minimum atomic E-state index is -0.345. The Hall–Kier alpha value is -2.89. The van der Waals surface area contributed by atoms with Crippen molar-refractivity contribution in [1.82, 2.24) is 9.13 Å². The lowest BCUT2D eigenvalue weighted by Gasteiger charge is -2.07. The van der Waals surface area contributed by atoms with Crippen molar-refractivity contribution in [1.29, 1.82) is 0 Å². The van der Waals surface area contributed by atoms with Crippen LogP contribution in [-0.2, 0) is 24.4 Å². The van der Waals surface area contributed by atoms with Gasteiger partial charge in [0.2, 0.25) is 5.78 Å². The van der Waals surface area contributed by atoms with Crippen molar-refractivity contribution < 1.29 is 18.9 Å². The van der Waals surface area contributed by atoms with Gasteiger partial charge in [-0.15, -0.1) is 0 Å². The van der Waals surface area contributed by atoms with Crippen LogP contribution in [-0.4, -0.2) is 27.5 Å². The van der Waals surface area contributed by atoms with Gasteiger partial charge in [0.15, 0.2) is 17.6 Å². The van der Waals surface area contributed by atoms with Crippen molar-refractivity contribution in [2.24, 2.45) is 0 Å². The Labute approximate surface area is 178 Å². The third-order valence-corrected chi connectivity index (χ3v) is 5.79. The molecule has 0 saturated carbocycles. The molecular formula is C24H32N3O3+. The van der Waals surface area contributed by atoms with Gasteiger partial charge in [-0.3, -0.25) is 4.79 Å². The van der Waals surface area contributed by atoms with E-state index in [-0.39, 0.29) is 18.3 Å². The molecule has 0 amide bonds. The first kappa shape index (κ1) is 21.8. The number of ether oxygens (including phenoxy) is 1. The second-order valence-corrected chi connectivity index (χ2v) is 7.66. The van der Waals surface area contributed by atoms with E-state index in [9.17, 15) is 9.59 Å². The highest BCUT2D eigenvalue weighted by atomic mass is 16.5. The molecule has 1 aromatic carbocycles. The second kappa shape index (κ2) is 8.86. The average Bonchev–Trinajstić information content (AvgIpc) is 3.15. The third-order valence-electron chi connectivity index (χ3n) is 5.79. The summed E-state index contributed by atoms with van der Waals surface area (Å²) >= 11 is 0. The number of aromatic nitrogens is 3. The molecule has 3 rings (SSSR count). The quantitative estimate of drug-likeness (QED) is 0.319. The number of hydrogen-bond donors (Lipinski definition) is 0. The molecule has 0 aliphatic heterocycles. The highest BCUT2D eigenvalue weighted by molar-refractivity contribution is 5.98. The molecule has 0 atom stereocenters. The van der Waals surface area contributed by atoms with Crippen LogP contribution in [0, 0.1) is 20.8 Å². The van der Waals surface area contributed by atoms with E-state index in [2.05, 4.69) is 23.0 Å². The van der Waals surface area contributed by atoms with Crippen molar-refractivity contribution in [3.63, 3.8) is 0 Å². The zero-order chi connectivity index (χ0) is 22.0. The smallest absolute Gasteiger partial charge is 0.338 e. The number of imidazole rings is 1. The predicted octanol–water partition coefficient (Wildman–Crippen LogP) is 4.15. The van der Waals surface area contributed by atoms with Crippen LogP contribution in [0.1, 0.15) is 65.1 Å². The number of carbonyl (C=O) groups excluding carboxylic acids is 2. The maximum Gasteiger partial charge on any atom is 0.338 e. The zero-order valence-electron chi connectivity index (χ0n) is 18.9. The molecule has 0 radical (unpaired) electrons. The first-order valence-corrected chi connectivity index (χ1v) is 10.7. The number of carbonyl (C=O) groups is 2. The Morgan fingerprint density at radius 3 is 2.40 bits per heavy atom. The van der Waals surface area contributed by atoms with Gasteiger partial charge in [-0.25, -0.2) is 13.9 Å². The molecule has 3 aromatic rings. The van der Waals surface area contributed by atoms with Gasteiger partial charge >= 0.3 is 5.97 Å². The van der Waals surface area contributed by atoms with Gasteiger partial charge in [-0.1, -0.05) is 6.92 Å². The van der Waals surface area contributed by atoms with Gasteiger partial charge in [0, 0.05) is 36.5 Å². The van der Waals surface area contributed by atoms with Gasteiger partial charge in [-0.05, 0) is 52.3 Å². The van der Waals surface area contributed by atoms with Crippen molar-refractivity contribution in [3.8, 4) is 0 Å². The van der Waals surface area contributed by atoms with Gasteiger partial charge in [0.25, 0.3) is 5.82 Å². The predicted molar refractivity (Wildman–Crippen MR) is 117 cm³/mol. The van der Waals surface area contributed by atoms with E-state index in [0.29, 0.717) is 12.2 Å². The van der Waals surface area contributed by atoms with E-state index in [0.717, 1.165) is 53.3 Å². The number of Topliss-reactive ketones (excluding diaryl/α,β-unsaturated/α-hetero) is 1. The van der Waals surface area contributed by atoms with Crippen LogP contribution in [0.5, 0.6) is 0 Å². The molecule has 0 unspecified atom stereocenters. The van der Waals surface area contributed by atoms with Gasteiger partial charge in [0.1, 0.15) is 0 Å². The lowest BCUT2D eigenvalue weighted by Crippen LogP contribution is -2.35. The summed E-state index contributed by atoms with van der Waals surface area (Å²) < 4.78 is 11.5. The Bertz CT molecular complexity index is 1110. The van der Waals surface area contributed by atoms with Crippen LogP contribution in [0.4, 0.5) is 0 Å². The molecular weight excluding hydrogens is 378 g/mol. The van der Waals surface area contributed by atoms with Gasteiger partial charge < -0.3 is 9.30 Å². The molecule has 0 spiro atoms. The first-order valence-electron chi connectivity index (χ1n) is 10.7. The van der Waals surface area contributed by atoms with Crippen molar-refractivity contribution >= 4 is 22.8 Å². The van der Waals surface area contributed by atoms with E-state index in [1.54, 1.807) is 13.0 Å². The van der Waals surface area contributed by atoms with Crippen LogP contribution in [0.15, 0.2) is 24.3 Å². The first-order chi connectivity index (χ1) is 14.3. The number of nitrogens with zero attached hydrogens (tertiary/aromatic N) is 3. The topological polar surface area (TPSA) is 57.1 Å². The van der Waals surface area contributed by atoms with Crippen LogP contribution >= 0.6 is 0 Å². The zero-order valence-corrected chi connectivity index (χ0v) is 18.9. The van der Waals surface area contributed by atoms with E-state index < -0.39 is 0 Å². The van der Waals surface area contributed by atoms with Crippen molar-refractivity contribution in [2.45, 2.75) is 67.6 Å². The summed E-state index contributed by atoms with van der Waals surface area (Å²) in [6.07, 6.45) is 1.03. The van der Waals surface area contributed by atoms with Crippen LogP contribution in [0.2, 0.25) is 0 Å². The van der Waals surface area contributed by atoms with Crippen LogP contribution < -0.4 is 4.57 Å². The standard InChI is InChI=1S/C24H32N3O3/c1-7-12-26-16(4)13-20(17(26)5)23(28)15-27-18(6)25(8-2)21-11-10-19(14-22(21)27)24(29)30-9-3/h10-11,13-14H,7-9,12,15H2,1-6H3/q+1. The number of fused-ring (bicyclic) bond motifs is 1. The normalized spacial score (nSPS) is 11.3. The highest BCUT2D eigenvalue weighted by Crippen LogP contribution is 2.21. The largest absolute Gasteiger partial charge is 0.462 e. The SMILES string of the molecule is CCCn1c(C)cc(C(=O)Cn2c(C)[n+](CC)c3ccc(C(=O)OCC)cc32)c1C. The third kappa shape index (κ3) is 3.78. The number of hydrogen-bond acceptors (Lipinski definition) is 3.